The third kappa shape index (κ3) is 1.61. The molecule has 0 aromatic heterocycles. The number of carboxylic acids is 1. The van der Waals surface area contributed by atoms with E-state index in [9.17, 15) is 9.59 Å². The first-order chi connectivity index (χ1) is 6.55. The number of nitrogens with one attached hydrogen (secondary N) is 1. The van der Waals surface area contributed by atoms with Crippen LogP contribution in [-0.4, -0.2) is 23.5 Å². The molecule has 2 N–H and O–H groups in total. The van der Waals surface area contributed by atoms with Crippen LogP contribution in [0.1, 0.15) is 26.2 Å². The van der Waals surface area contributed by atoms with Crippen LogP contribution in [0, 0.1) is 17.3 Å². The number of hydrogen-bond acceptors (Lipinski definition) is 2. The number of carbonyl (C=O) groups is 2. The lowest BCUT2D eigenvalue weighted by atomic mass is 10.1. The fourth-order valence-electron chi connectivity index (χ4n) is 1.69. The summed E-state index contributed by atoms with van der Waals surface area (Å²) >= 11 is 0. The van der Waals surface area contributed by atoms with Crippen LogP contribution in [0.5, 0.6) is 0 Å². The van der Waals surface area contributed by atoms with Crippen LogP contribution in [0.3, 0.4) is 0 Å². The highest BCUT2D eigenvalue weighted by Crippen LogP contribution is 2.45. The molecule has 2 rings (SSSR count). The molecular weight excluding hydrogens is 182 g/mol. The van der Waals surface area contributed by atoms with Gasteiger partial charge in [0.15, 0.2) is 0 Å². The van der Waals surface area contributed by atoms with Crippen molar-refractivity contribution < 1.29 is 14.7 Å². The minimum atomic E-state index is -0.776. The van der Waals surface area contributed by atoms with Crippen molar-refractivity contribution in [3.63, 3.8) is 0 Å². The van der Waals surface area contributed by atoms with E-state index in [2.05, 4.69) is 5.32 Å². The lowest BCUT2D eigenvalue weighted by molar-refractivity contribution is -0.143. The Balaban J connectivity index is 1.77. The maximum absolute atomic E-state index is 11.4. The number of carboxylic acid groups (broad SMARTS) is 1. The van der Waals surface area contributed by atoms with E-state index in [0.717, 1.165) is 6.42 Å². The van der Waals surface area contributed by atoms with Gasteiger partial charge < -0.3 is 10.4 Å². The Morgan fingerprint density at radius 2 is 2.07 bits per heavy atom. The number of rotatable bonds is 4. The summed E-state index contributed by atoms with van der Waals surface area (Å²) in [6, 6.07) is 0. The van der Waals surface area contributed by atoms with Crippen LogP contribution in [-0.2, 0) is 9.59 Å². The Morgan fingerprint density at radius 3 is 2.43 bits per heavy atom. The van der Waals surface area contributed by atoms with Gasteiger partial charge in [0, 0.05) is 12.5 Å². The molecule has 0 aromatic carbocycles. The largest absolute Gasteiger partial charge is 0.481 e. The first-order valence-corrected chi connectivity index (χ1v) is 5.06. The molecule has 2 unspecified atom stereocenters. The van der Waals surface area contributed by atoms with Crippen molar-refractivity contribution in [1.29, 1.82) is 0 Å². The van der Waals surface area contributed by atoms with Gasteiger partial charge in [0.05, 0.1) is 5.41 Å². The lowest BCUT2D eigenvalue weighted by Gasteiger charge is -2.10. The van der Waals surface area contributed by atoms with E-state index >= 15 is 0 Å². The van der Waals surface area contributed by atoms with Crippen molar-refractivity contribution in [2.24, 2.45) is 17.3 Å². The second kappa shape index (κ2) is 2.97. The molecule has 0 radical (unpaired) electrons. The van der Waals surface area contributed by atoms with E-state index in [4.69, 9.17) is 5.11 Å². The molecule has 1 amide bonds. The van der Waals surface area contributed by atoms with Gasteiger partial charge >= 0.3 is 5.97 Å². The topological polar surface area (TPSA) is 66.4 Å². The summed E-state index contributed by atoms with van der Waals surface area (Å²) < 4.78 is 0. The van der Waals surface area contributed by atoms with E-state index < -0.39 is 11.4 Å². The van der Waals surface area contributed by atoms with Crippen molar-refractivity contribution in [2.45, 2.75) is 26.2 Å². The van der Waals surface area contributed by atoms with Crippen LogP contribution in [0.2, 0.25) is 0 Å². The third-order valence-electron chi connectivity index (χ3n) is 3.35. The Hall–Kier alpha value is -1.06. The second-order valence-electron chi connectivity index (χ2n) is 4.62. The molecule has 2 aliphatic carbocycles. The van der Waals surface area contributed by atoms with E-state index in [1.54, 1.807) is 0 Å². The van der Waals surface area contributed by atoms with Crippen LogP contribution in [0.15, 0.2) is 0 Å². The summed E-state index contributed by atoms with van der Waals surface area (Å²) in [4.78, 5) is 22.2. The van der Waals surface area contributed by atoms with Crippen molar-refractivity contribution in [3.05, 3.63) is 0 Å². The average Bonchev–Trinajstić information content (AvgIpc) is 2.97. The Morgan fingerprint density at radius 1 is 1.50 bits per heavy atom. The zero-order valence-corrected chi connectivity index (χ0v) is 8.25. The average molecular weight is 197 g/mol. The number of aliphatic carboxylic acids is 1. The SMILES string of the molecule is CC1CC1C(=O)NCC1(C(=O)O)CC1. The van der Waals surface area contributed by atoms with Gasteiger partial charge in [0.25, 0.3) is 0 Å². The van der Waals surface area contributed by atoms with Gasteiger partial charge in [0.2, 0.25) is 5.91 Å². The molecule has 2 saturated carbocycles. The van der Waals surface area contributed by atoms with E-state index in [-0.39, 0.29) is 11.8 Å². The molecule has 14 heavy (non-hydrogen) atoms. The number of amides is 1. The Labute approximate surface area is 82.7 Å². The van der Waals surface area contributed by atoms with E-state index in [1.165, 1.54) is 0 Å². The Kier molecular flexibility index (Phi) is 2.01. The predicted octanol–water partition coefficient (Wildman–Crippen LogP) is 0.623. The Bertz CT molecular complexity index is 283. The molecule has 2 fully saturated rings. The van der Waals surface area contributed by atoms with Gasteiger partial charge in [0.1, 0.15) is 0 Å². The standard InChI is InChI=1S/C10H15NO3/c1-6-4-7(6)8(12)11-5-10(2-3-10)9(13)14/h6-7H,2-5H2,1H3,(H,11,12)(H,13,14). The van der Waals surface area contributed by atoms with Crippen LogP contribution in [0.25, 0.3) is 0 Å². The van der Waals surface area contributed by atoms with Gasteiger partial charge in [-0.3, -0.25) is 9.59 Å². The van der Waals surface area contributed by atoms with Crippen LogP contribution < -0.4 is 5.32 Å². The van der Waals surface area contributed by atoms with Gasteiger partial charge in [-0.2, -0.15) is 0 Å². The molecule has 0 saturated heterocycles. The molecule has 0 bridgehead atoms. The monoisotopic (exact) mass is 197 g/mol. The van der Waals surface area contributed by atoms with Crippen molar-refractivity contribution in [2.75, 3.05) is 6.54 Å². The summed E-state index contributed by atoms with van der Waals surface area (Å²) in [5, 5.41) is 11.6. The molecule has 4 heteroatoms. The number of hydrogen-bond donors (Lipinski definition) is 2. The summed E-state index contributed by atoms with van der Waals surface area (Å²) in [7, 11) is 0. The minimum absolute atomic E-state index is 0.0324. The molecule has 0 spiro atoms. The van der Waals surface area contributed by atoms with Crippen molar-refractivity contribution in [3.8, 4) is 0 Å². The molecule has 0 heterocycles. The minimum Gasteiger partial charge on any atom is -0.481 e. The zero-order valence-electron chi connectivity index (χ0n) is 8.25. The highest BCUT2D eigenvalue weighted by atomic mass is 16.4. The maximum Gasteiger partial charge on any atom is 0.311 e. The van der Waals surface area contributed by atoms with Crippen molar-refractivity contribution >= 4 is 11.9 Å². The third-order valence-corrected chi connectivity index (χ3v) is 3.35. The molecular formula is C10H15NO3. The highest BCUT2D eigenvalue weighted by Gasteiger charge is 2.51. The maximum atomic E-state index is 11.4. The van der Waals surface area contributed by atoms with E-state index in [0.29, 0.717) is 25.3 Å². The van der Waals surface area contributed by atoms with Crippen LogP contribution >= 0.6 is 0 Å². The van der Waals surface area contributed by atoms with Gasteiger partial charge in [-0.25, -0.2) is 0 Å². The number of carbonyl (C=O) groups excluding carboxylic acids is 1. The first-order valence-electron chi connectivity index (χ1n) is 5.06. The van der Waals surface area contributed by atoms with Gasteiger partial charge in [-0.15, -0.1) is 0 Å². The highest BCUT2D eigenvalue weighted by molar-refractivity contribution is 5.83. The smallest absolute Gasteiger partial charge is 0.311 e. The normalized spacial score (nSPS) is 32.1. The van der Waals surface area contributed by atoms with Gasteiger partial charge in [-0.05, 0) is 25.2 Å². The zero-order chi connectivity index (χ0) is 10.3. The lowest BCUT2D eigenvalue weighted by Crippen LogP contribution is -2.35. The van der Waals surface area contributed by atoms with Crippen LogP contribution in [0.4, 0.5) is 0 Å². The van der Waals surface area contributed by atoms with E-state index in [1.807, 2.05) is 6.92 Å². The summed E-state index contributed by atoms with van der Waals surface area (Å²) in [5.74, 6) is -0.124. The fraction of sp³-hybridized carbons (Fsp3) is 0.800. The second-order valence-corrected chi connectivity index (χ2v) is 4.62. The van der Waals surface area contributed by atoms with Crippen molar-refractivity contribution in [1.82, 2.24) is 5.32 Å². The first kappa shape index (κ1) is 9.49. The molecule has 4 nitrogen and oxygen atoms in total. The predicted molar refractivity (Wildman–Crippen MR) is 49.6 cm³/mol. The molecule has 2 aliphatic rings. The summed E-state index contributed by atoms with van der Waals surface area (Å²) in [6.07, 6.45) is 2.34. The summed E-state index contributed by atoms with van der Waals surface area (Å²) in [5.41, 5.74) is -0.631. The summed E-state index contributed by atoms with van der Waals surface area (Å²) in [6.45, 7) is 2.35. The molecule has 0 aliphatic heterocycles. The molecule has 78 valence electrons. The molecule has 2 atom stereocenters. The quantitative estimate of drug-likeness (QED) is 0.694. The van der Waals surface area contributed by atoms with Gasteiger partial charge in [-0.1, -0.05) is 6.92 Å². The molecule has 0 aromatic rings. The fourth-order valence-corrected chi connectivity index (χ4v) is 1.69.